The molecule has 5 heterocycles. The number of anilines is 3. The molecule has 0 radical (unpaired) electrons. The first kappa shape index (κ1) is 23.4. The van der Waals surface area contributed by atoms with Gasteiger partial charge in [0.15, 0.2) is 22.8 Å². The van der Waals surface area contributed by atoms with Crippen LogP contribution in [0, 0.1) is 16.7 Å². The lowest BCUT2D eigenvalue weighted by Gasteiger charge is -2.42. The van der Waals surface area contributed by atoms with Crippen molar-refractivity contribution in [3.05, 3.63) is 35.0 Å². The van der Waals surface area contributed by atoms with Gasteiger partial charge in [-0.3, -0.25) is 5.10 Å². The topological polar surface area (TPSA) is 114 Å². The molecule has 3 atom stereocenters. The van der Waals surface area contributed by atoms with Crippen LogP contribution in [0.1, 0.15) is 55.8 Å². The summed E-state index contributed by atoms with van der Waals surface area (Å²) in [7, 11) is 1.15. The fourth-order valence-electron chi connectivity index (χ4n) is 6.32. The molecule has 0 amide bonds. The van der Waals surface area contributed by atoms with E-state index < -0.39 is 0 Å². The Morgan fingerprint density at radius 2 is 2.03 bits per heavy atom. The first-order valence-electron chi connectivity index (χ1n) is 13.0. The minimum Gasteiger partial charge on any atom is -0.390 e. The lowest BCUT2D eigenvalue weighted by Crippen LogP contribution is -2.43. The van der Waals surface area contributed by atoms with Crippen molar-refractivity contribution in [2.24, 2.45) is 5.41 Å². The predicted molar refractivity (Wildman–Crippen MR) is 142 cm³/mol. The van der Waals surface area contributed by atoms with E-state index in [0.717, 1.165) is 72.8 Å². The summed E-state index contributed by atoms with van der Waals surface area (Å²) in [6.07, 6.45) is 3.48. The van der Waals surface area contributed by atoms with Crippen molar-refractivity contribution in [3.63, 3.8) is 0 Å². The molecule has 1 aromatic carbocycles. The van der Waals surface area contributed by atoms with Crippen LogP contribution in [0.5, 0.6) is 0 Å². The van der Waals surface area contributed by atoms with E-state index in [0.29, 0.717) is 51.2 Å². The molecular formula is C26H33N7O2Si. The van der Waals surface area contributed by atoms with Crippen LogP contribution in [0.3, 0.4) is 0 Å². The number of nitrogens with one attached hydrogen (secondary N) is 1. The Bertz CT molecular complexity index is 1340. The molecule has 3 aliphatic rings. The Hall–Kier alpha value is -3.00. The Morgan fingerprint density at radius 3 is 2.72 bits per heavy atom. The van der Waals surface area contributed by atoms with Crippen molar-refractivity contribution in [1.29, 1.82) is 5.26 Å². The molecular weight excluding hydrogens is 470 g/mol. The molecule has 0 aliphatic carbocycles. The van der Waals surface area contributed by atoms with Crippen LogP contribution >= 0.6 is 0 Å². The maximum absolute atomic E-state index is 10.3. The van der Waals surface area contributed by atoms with Crippen molar-refractivity contribution in [2.45, 2.75) is 57.3 Å². The van der Waals surface area contributed by atoms with E-state index in [1.165, 1.54) is 0 Å². The van der Waals surface area contributed by atoms with Crippen LogP contribution in [0.15, 0.2) is 18.2 Å². The second-order valence-electron chi connectivity index (χ2n) is 10.8. The molecule has 9 nitrogen and oxygen atoms in total. The second-order valence-corrected chi connectivity index (χ2v) is 12.0. The maximum atomic E-state index is 10.3. The molecule has 36 heavy (non-hydrogen) atoms. The minimum atomic E-state index is -0.173. The van der Waals surface area contributed by atoms with Gasteiger partial charge in [0.05, 0.1) is 31.0 Å². The number of aliphatic hydroxyl groups excluding tert-OH is 1. The molecule has 2 fully saturated rings. The van der Waals surface area contributed by atoms with Crippen molar-refractivity contribution >= 4 is 38.7 Å². The molecule has 2 saturated heterocycles. The zero-order valence-corrected chi connectivity index (χ0v) is 23.2. The van der Waals surface area contributed by atoms with Gasteiger partial charge in [0.1, 0.15) is 5.69 Å². The zero-order valence-electron chi connectivity index (χ0n) is 21.2. The molecule has 3 aliphatic heterocycles. The molecule has 10 heteroatoms. The molecule has 1 spiro atoms. The summed E-state index contributed by atoms with van der Waals surface area (Å²) in [5, 5.41) is 27.3. The van der Waals surface area contributed by atoms with E-state index in [1.807, 2.05) is 18.2 Å². The van der Waals surface area contributed by atoms with Crippen LogP contribution < -0.4 is 9.80 Å². The number of rotatable bonds is 3. The number of hydrogen-bond acceptors (Lipinski definition) is 8. The lowest BCUT2D eigenvalue weighted by molar-refractivity contribution is 0.0975. The monoisotopic (exact) mass is 503 g/mol. The Labute approximate surface area is 213 Å². The van der Waals surface area contributed by atoms with Crippen LogP contribution in [-0.2, 0) is 11.3 Å². The van der Waals surface area contributed by atoms with Crippen molar-refractivity contribution in [2.75, 3.05) is 36.0 Å². The number of ether oxygens (including phenoxy) is 1. The molecule has 2 N–H and O–H groups in total. The highest BCUT2D eigenvalue weighted by Crippen LogP contribution is 2.49. The van der Waals surface area contributed by atoms with Gasteiger partial charge in [0, 0.05) is 35.6 Å². The summed E-state index contributed by atoms with van der Waals surface area (Å²) in [6, 6.07) is 8.08. The number of benzene rings is 1. The second kappa shape index (κ2) is 8.83. The number of fused-ring (bicyclic) bond motifs is 2. The normalized spacial score (nSPS) is 25.4. The Balaban J connectivity index is 1.32. The van der Waals surface area contributed by atoms with Gasteiger partial charge in [-0.1, -0.05) is 6.92 Å². The minimum absolute atomic E-state index is 0.173. The summed E-state index contributed by atoms with van der Waals surface area (Å²) in [5.41, 5.74) is 5.72. The number of piperidine rings is 1. The van der Waals surface area contributed by atoms with Gasteiger partial charge in [0.2, 0.25) is 0 Å². The molecule has 6 rings (SSSR count). The highest BCUT2D eigenvalue weighted by Gasteiger charge is 2.47. The molecule has 0 unspecified atom stereocenters. The standard InChI is InChI=1S/C26H33N7O2Si/c1-15-5-8-33(20-4-3-17(12-27)11-18(15)20)25-21-23(30-31-25)29-24(19(13-34)28-21)32-9-6-26(7-10-32)14-35-16(2)22(26)36/h3-4,11,15-16,22,34H,5-10,13-14H2,1-2,36H3,(H,29,30,31)/t15-,16-,22+/m0/s1. The quantitative estimate of drug-likeness (QED) is 0.524. The fourth-order valence-corrected chi connectivity index (χ4v) is 7.26. The highest BCUT2D eigenvalue weighted by molar-refractivity contribution is 6.12. The highest BCUT2D eigenvalue weighted by atomic mass is 28.1. The molecule has 188 valence electrons. The maximum Gasteiger partial charge on any atom is 0.183 e. The number of aromatic amines is 1. The van der Waals surface area contributed by atoms with Crippen LogP contribution in [-0.4, -0.2) is 67.9 Å². The van der Waals surface area contributed by atoms with Gasteiger partial charge in [-0.25, -0.2) is 9.97 Å². The van der Waals surface area contributed by atoms with Crippen LogP contribution in [0.4, 0.5) is 17.3 Å². The summed E-state index contributed by atoms with van der Waals surface area (Å²) < 4.78 is 6.02. The summed E-state index contributed by atoms with van der Waals surface area (Å²) >= 11 is 0. The third-order valence-electron chi connectivity index (χ3n) is 8.96. The summed E-state index contributed by atoms with van der Waals surface area (Å²) in [4.78, 5) is 14.2. The SMILES string of the molecule is C[C@@H]1OCC2(CCN(c3nc4[nH]nc(N5CC[C@H](C)c6cc(C#N)ccc65)c4nc3CO)CC2)[C@@H]1[SiH3]. The lowest BCUT2D eigenvalue weighted by atomic mass is 9.76. The summed E-state index contributed by atoms with van der Waals surface area (Å²) in [5.74, 6) is 1.82. The molecule has 3 aromatic rings. The van der Waals surface area contributed by atoms with E-state index in [2.05, 4.69) is 39.9 Å². The van der Waals surface area contributed by atoms with Crippen LogP contribution in [0.2, 0.25) is 5.54 Å². The number of aromatic nitrogens is 4. The van der Waals surface area contributed by atoms with Gasteiger partial charge in [0.25, 0.3) is 0 Å². The predicted octanol–water partition coefficient (Wildman–Crippen LogP) is 2.52. The molecule has 2 aromatic heterocycles. The average Bonchev–Trinajstić information content (AvgIpc) is 3.44. The molecule has 0 bridgehead atoms. The number of hydrogen-bond donors (Lipinski definition) is 2. The van der Waals surface area contributed by atoms with Gasteiger partial charge < -0.3 is 19.6 Å². The van der Waals surface area contributed by atoms with Gasteiger partial charge in [-0.15, -0.1) is 0 Å². The van der Waals surface area contributed by atoms with Gasteiger partial charge >= 0.3 is 0 Å². The van der Waals surface area contributed by atoms with Crippen LogP contribution in [0.25, 0.3) is 11.2 Å². The van der Waals surface area contributed by atoms with E-state index >= 15 is 0 Å². The number of nitriles is 1. The first-order chi connectivity index (χ1) is 17.4. The third kappa shape index (κ3) is 3.60. The fraction of sp³-hybridized carbons (Fsp3) is 0.538. The van der Waals surface area contributed by atoms with Crippen molar-refractivity contribution < 1.29 is 9.84 Å². The third-order valence-corrected chi connectivity index (χ3v) is 11.1. The van der Waals surface area contributed by atoms with Gasteiger partial charge in [-0.05, 0) is 66.8 Å². The zero-order chi connectivity index (χ0) is 25.0. The largest absolute Gasteiger partial charge is 0.390 e. The number of nitrogens with zero attached hydrogens (tertiary/aromatic N) is 6. The number of H-pyrrole nitrogens is 1. The number of aliphatic hydroxyl groups is 1. The first-order valence-corrected chi connectivity index (χ1v) is 14.1. The smallest absolute Gasteiger partial charge is 0.183 e. The van der Waals surface area contributed by atoms with Gasteiger partial charge in [-0.2, -0.15) is 10.4 Å². The van der Waals surface area contributed by atoms with E-state index in [-0.39, 0.29) is 6.61 Å². The Morgan fingerprint density at radius 1 is 1.22 bits per heavy atom. The van der Waals surface area contributed by atoms with Crippen molar-refractivity contribution in [3.8, 4) is 6.07 Å². The molecule has 0 saturated carbocycles. The van der Waals surface area contributed by atoms with Crippen molar-refractivity contribution in [1.82, 2.24) is 20.2 Å². The van der Waals surface area contributed by atoms with E-state index in [4.69, 9.17) is 14.7 Å². The van der Waals surface area contributed by atoms with E-state index in [9.17, 15) is 10.4 Å². The van der Waals surface area contributed by atoms with E-state index in [1.54, 1.807) is 0 Å². The summed E-state index contributed by atoms with van der Waals surface area (Å²) in [6.45, 7) is 7.68. The average molecular weight is 504 g/mol. The Kier molecular flexibility index (Phi) is 5.74.